The van der Waals surface area contributed by atoms with Gasteiger partial charge in [0.1, 0.15) is 11.0 Å². The van der Waals surface area contributed by atoms with E-state index in [1.807, 2.05) is 0 Å². The van der Waals surface area contributed by atoms with Crippen LogP contribution in [0.2, 0.25) is 0 Å². The van der Waals surface area contributed by atoms with Crippen molar-refractivity contribution in [3.63, 3.8) is 0 Å². The number of rotatable bonds is 5. The lowest BCUT2D eigenvalue weighted by Gasteiger charge is -2.13. The number of aliphatic carboxylic acids is 1. The van der Waals surface area contributed by atoms with E-state index in [-0.39, 0.29) is 6.42 Å². The van der Waals surface area contributed by atoms with Crippen molar-refractivity contribution in [2.75, 3.05) is 5.32 Å². The lowest BCUT2D eigenvalue weighted by Crippen LogP contribution is -2.44. The summed E-state index contributed by atoms with van der Waals surface area (Å²) in [6.45, 7) is 0. The van der Waals surface area contributed by atoms with Crippen LogP contribution in [0.25, 0.3) is 0 Å². The number of anilines is 1. The van der Waals surface area contributed by atoms with Crippen LogP contribution in [0.3, 0.4) is 0 Å². The molecule has 100 valence electrons. The van der Waals surface area contributed by atoms with Crippen molar-refractivity contribution in [3.05, 3.63) is 24.4 Å². The van der Waals surface area contributed by atoms with E-state index in [0.29, 0.717) is 10.7 Å². The highest BCUT2D eigenvalue weighted by molar-refractivity contribution is 7.10. The third kappa shape index (κ3) is 3.74. The Morgan fingerprint density at radius 3 is 2.89 bits per heavy atom. The van der Waals surface area contributed by atoms with Gasteiger partial charge in [-0.15, -0.1) is 5.10 Å². The van der Waals surface area contributed by atoms with Crippen LogP contribution in [0.1, 0.15) is 5.69 Å². The van der Waals surface area contributed by atoms with Gasteiger partial charge in [-0.3, -0.25) is 5.32 Å². The summed E-state index contributed by atoms with van der Waals surface area (Å²) in [7, 11) is 0. The third-order valence-electron chi connectivity index (χ3n) is 2.18. The number of aromatic nitrogens is 4. The molecule has 0 bridgehead atoms. The number of hydrogen-bond acceptors (Lipinski definition) is 6. The van der Waals surface area contributed by atoms with Crippen LogP contribution in [0.4, 0.5) is 9.80 Å². The van der Waals surface area contributed by atoms with Crippen molar-refractivity contribution in [3.8, 4) is 0 Å². The molecule has 0 spiro atoms. The zero-order chi connectivity index (χ0) is 13.7. The topological polar surface area (TPSA) is 133 Å². The molecule has 19 heavy (non-hydrogen) atoms. The van der Waals surface area contributed by atoms with Crippen LogP contribution in [0.5, 0.6) is 0 Å². The monoisotopic (exact) mass is 282 g/mol. The lowest BCUT2D eigenvalue weighted by atomic mass is 10.2. The lowest BCUT2D eigenvalue weighted by molar-refractivity contribution is -0.139. The second-order valence-electron chi connectivity index (χ2n) is 3.55. The number of nitrogens with one attached hydrogen (secondary N) is 3. The Labute approximate surface area is 111 Å². The maximum atomic E-state index is 11.6. The number of carboxylic acids is 1. The van der Waals surface area contributed by atoms with E-state index in [2.05, 4.69) is 30.2 Å². The molecule has 2 heterocycles. The van der Waals surface area contributed by atoms with Gasteiger partial charge in [-0.2, -0.15) is 0 Å². The summed E-state index contributed by atoms with van der Waals surface area (Å²) >= 11 is 0.995. The van der Waals surface area contributed by atoms with Crippen molar-refractivity contribution in [1.82, 2.24) is 24.9 Å². The fourth-order valence-electron chi connectivity index (χ4n) is 1.34. The summed E-state index contributed by atoms with van der Waals surface area (Å²) < 4.78 is 3.57. The molecule has 1 unspecified atom stereocenters. The molecule has 2 aromatic heterocycles. The summed E-state index contributed by atoms with van der Waals surface area (Å²) in [6, 6.07) is -1.68. The Hall–Kier alpha value is -2.49. The first-order chi connectivity index (χ1) is 9.15. The van der Waals surface area contributed by atoms with Gasteiger partial charge in [-0.1, -0.05) is 4.49 Å². The van der Waals surface area contributed by atoms with Crippen LogP contribution in [0.15, 0.2) is 18.7 Å². The van der Waals surface area contributed by atoms with E-state index in [1.54, 1.807) is 0 Å². The van der Waals surface area contributed by atoms with Gasteiger partial charge in [0.15, 0.2) is 0 Å². The molecule has 0 saturated heterocycles. The normalized spacial score (nSPS) is 11.8. The average Bonchev–Trinajstić information content (AvgIpc) is 3.00. The van der Waals surface area contributed by atoms with E-state index in [1.165, 1.54) is 18.7 Å². The van der Waals surface area contributed by atoms with Gasteiger partial charge in [0.2, 0.25) is 0 Å². The fourth-order valence-corrected chi connectivity index (χ4v) is 1.76. The molecule has 0 aliphatic rings. The largest absolute Gasteiger partial charge is 0.480 e. The SMILES string of the molecule is O=C(Nc1cnns1)NC(Cc1cnc[nH]1)C(=O)O. The third-order valence-corrected chi connectivity index (χ3v) is 2.76. The van der Waals surface area contributed by atoms with Gasteiger partial charge < -0.3 is 15.4 Å². The molecule has 10 heteroatoms. The Kier molecular flexibility index (Phi) is 4.03. The summed E-state index contributed by atoms with van der Waals surface area (Å²) in [5.41, 5.74) is 0.618. The number of imidazole rings is 1. The highest BCUT2D eigenvalue weighted by atomic mass is 32.1. The first-order valence-electron chi connectivity index (χ1n) is 5.20. The van der Waals surface area contributed by atoms with Gasteiger partial charge in [-0.25, -0.2) is 14.6 Å². The Bertz CT molecular complexity index is 540. The summed E-state index contributed by atoms with van der Waals surface area (Å²) in [6.07, 6.45) is 4.43. The predicted octanol–water partition coefficient (Wildman–Crippen LogP) is 0.0786. The van der Waals surface area contributed by atoms with Gasteiger partial charge in [0.25, 0.3) is 0 Å². The Balaban J connectivity index is 1.93. The number of carbonyl (C=O) groups excluding carboxylic acids is 1. The molecule has 0 fully saturated rings. The van der Waals surface area contributed by atoms with Gasteiger partial charge in [0.05, 0.1) is 12.5 Å². The molecular weight excluding hydrogens is 272 g/mol. The molecule has 0 aromatic carbocycles. The number of H-pyrrole nitrogens is 1. The standard InChI is InChI=1S/C9H10N6O3S/c16-8(17)6(1-5-2-10-4-11-5)13-9(18)14-7-3-12-15-19-7/h2-4,6H,1H2,(H,10,11)(H,16,17)(H2,13,14,18). The van der Waals surface area contributed by atoms with Gasteiger partial charge >= 0.3 is 12.0 Å². The van der Waals surface area contributed by atoms with Crippen LogP contribution >= 0.6 is 11.5 Å². The number of urea groups is 1. The van der Waals surface area contributed by atoms with Gasteiger partial charge in [-0.05, 0) is 0 Å². The molecule has 1 atom stereocenters. The maximum Gasteiger partial charge on any atom is 0.326 e. The molecule has 2 rings (SSSR count). The molecular formula is C9H10N6O3S. The summed E-state index contributed by atoms with van der Waals surface area (Å²) in [5, 5.41) is 17.8. The maximum absolute atomic E-state index is 11.6. The zero-order valence-electron chi connectivity index (χ0n) is 9.53. The quantitative estimate of drug-likeness (QED) is 0.613. The second kappa shape index (κ2) is 5.91. The van der Waals surface area contributed by atoms with Crippen molar-refractivity contribution < 1.29 is 14.7 Å². The molecule has 0 saturated carbocycles. The van der Waals surface area contributed by atoms with Crippen LogP contribution in [-0.2, 0) is 11.2 Å². The molecule has 2 amide bonds. The minimum atomic E-state index is -1.13. The Morgan fingerprint density at radius 1 is 1.47 bits per heavy atom. The van der Waals surface area contributed by atoms with E-state index in [0.717, 1.165) is 11.5 Å². The van der Waals surface area contributed by atoms with E-state index in [9.17, 15) is 9.59 Å². The van der Waals surface area contributed by atoms with E-state index >= 15 is 0 Å². The minimum absolute atomic E-state index is 0.115. The number of carbonyl (C=O) groups is 2. The highest BCUT2D eigenvalue weighted by Gasteiger charge is 2.21. The first kappa shape index (κ1) is 13.0. The molecule has 4 N–H and O–H groups in total. The fraction of sp³-hybridized carbons (Fsp3) is 0.222. The zero-order valence-corrected chi connectivity index (χ0v) is 10.3. The van der Waals surface area contributed by atoms with E-state index < -0.39 is 18.0 Å². The number of amides is 2. The molecule has 0 aliphatic carbocycles. The van der Waals surface area contributed by atoms with Crippen molar-refractivity contribution in [2.24, 2.45) is 0 Å². The van der Waals surface area contributed by atoms with Crippen molar-refractivity contribution in [1.29, 1.82) is 0 Å². The first-order valence-corrected chi connectivity index (χ1v) is 5.97. The van der Waals surface area contributed by atoms with Crippen molar-refractivity contribution >= 4 is 28.5 Å². The minimum Gasteiger partial charge on any atom is -0.480 e. The smallest absolute Gasteiger partial charge is 0.326 e. The summed E-state index contributed by atoms with van der Waals surface area (Å²) in [5.74, 6) is -1.13. The number of hydrogen-bond donors (Lipinski definition) is 4. The van der Waals surface area contributed by atoms with Crippen LogP contribution < -0.4 is 10.6 Å². The van der Waals surface area contributed by atoms with Crippen LogP contribution in [0, 0.1) is 0 Å². The number of carboxylic acid groups (broad SMARTS) is 1. The average molecular weight is 282 g/mol. The molecule has 2 aromatic rings. The highest BCUT2D eigenvalue weighted by Crippen LogP contribution is 2.08. The predicted molar refractivity (Wildman–Crippen MR) is 65.8 cm³/mol. The van der Waals surface area contributed by atoms with E-state index in [4.69, 9.17) is 5.11 Å². The second-order valence-corrected chi connectivity index (χ2v) is 4.34. The molecule has 0 radical (unpaired) electrons. The van der Waals surface area contributed by atoms with Gasteiger partial charge in [0, 0.05) is 29.8 Å². The Morgan fingerprint density at radius 2 is 2.32 bits per heavy atom. The summed E-state index contributed by atoms with van der Waals surface area (Å²) in [4.78, 5) is 29.2. The molecule has 0 aliphatic heterocycles. The van der Waals surface area contributed by atoms with Crippen molar-refractivity contribution in [2.45, 2.75) is 12.5 Å². The molecule has 9 nitrogen and oxygen atoms in total. The number of nitrogens with zero attached hydrogens (tertiary/aromatic N) is 3. The van der Waals surface area contributed by atoms with Crippen LogP contribution in [-0.4, -0.2) is 42.7 Å². The number of aromatic amines is 1.